The quantitative estimate of drug-likeness (QED) is 0.249. The molecule has 5 aromatic rings. The fraction of sp³-hybridized carbons (Fsp3) is 0. The van der Waals surface area contributed by atoms with Gasteiger partial charge in [0.15, 0.2) is 0 Å². The molecule has 22 heavy (non-hydrogen) atoms. The molecule has 0 N–H and O–H groups in total. The van der Waals surface area contributed by atoms with Crippen molar-refractivity contribution in [2.75, 3.05) is 0 Å². The number of hydrogen-bond donors (Lipinski definition) is 0. The van der Waals surface area contributed by atoms with Gasteiger partial charge in [-0.1, -0.05) is 36.1 Å². The smallest absolute Gasteiger partial charge is 0.0857 e. The van der Waals surface area contributed by atoms with E-state index in [2.05, 4.69) is 48.2 Å². The molecule has 2 heteroatoms. The maximum Gasteiger partial charge on any atom is 0.0857 e. The van der Waals surface area contributed by atoms with Crippen molar-refractivity contribution in [3.05, 3.63) is 46.2 Å². The molecular formula is C20H8S2. The van der Waals surface area contributed by atoms with Gasteiger partial charge in [-0.3, -0.25) is 0 Å². The summed E-state index contributed by atoms with van der Waals surface area (Å²) in [7, 11) is 0. The van der Waals surface area contributed by atoms with E-state index >= 15 is 0 Å². The third-order valence-electron chi connectivity index (χ3n) is 4.23. The summed E-state index contributed by atoms with van der Waals surface area (Å²) in [4.78, 5) is 2.02. The van der Waals surface area contributed by atoms with Crippen molar-refractivity contribution in [2.45, 2.75) is 0 Å². The fourth-order valence-corrected chi connectivity index (χ4v) is 5.54. The average molecular weight is 312 g/mol. The van der Waals surface area contributed by atoms with Crippen LogP contribution in [0.15, 0.2) is 36.4 Å². The predicted molar refractivity (Wildman–Crippen MR) is 99.3 cm³/mol. The van der Waals surface area contributed by atoms with Gasteiger partial charge in [-0.05, 0) is 22.9 Å². The van der Waals surface area contributed by atoms with Crippen LogP contribution in [-0.2, 0) is 0 Å². The van der Waals surface area contributed by atoms with Crippen LogP contribution in [0.5, 0.6) is 0 Å². The minimum absolute atomic E-state index is 1.01. The second-order valence-corrected chi connectivity index (χ2v) is 7.36. The lowest BCUT2D eigenvalue weighted by molar-refractivity contribution is 1.90. The van der Waals surface area contributed by atoms with E-state index in [-0.39, 0.29) is 0 Å². The summed E-state index contributed by atoms with van der Waals surface area (Å²) in [6.07, 6.45) is 11.5. The number of terminal acetylenes is 2. The van der Waals surface area contributed by atoms with Crippen molar-refractivity contribution in [1.82, 2.24) is 0 Å². The number of fused-ring (bicyclic) bond motifs is 2. The number of hydrogen-bond acceptors (Lipinski definition) is 2. The molecule has 0 saturated heterocycles. The lowest BCUT2D eigenvalue weighted by atomic mass is 9.95. The number of thiophene rings is 2. The van der Waals surface area contributed by atoms with E-state index in [9.17, 15) is 0 Å². The lowest BCUT2D eigenvalue weighted by Crippen LogP contribution is -1.81. The molecule has 5 rings (SSSR count). The Morgan fingerprint density at radius 3 is 1.50 bits per heavy atom. The molecular weight excluding hydrogens is 304 g/mol. The van der Waals surface area contributed by atoms with Crippen molar-refractivity contribution in [2.24, 2.45) is 0 Å². The van der Waals surface area contributed by atoms with Crippen molar-refractivity contribution < 1.29 is 0 Å². The Bertz CT molecular complexity index is 1180. The Labute approximate surface area is 135 Å². The highest BCUT2D eigenvalue weighted by atomic mass is 32.1. The minimum Gasteiger partial charge on any atom is -0.126 e. The van der Waals surface area contributed by atoms with E-state index in [0.717, 1.165) is 9.75 Å². The summed E-state index contributed by atoms with van der Waals surface area (Å²) < 4.78 is 2.47. The van der Waals surface area contributed by atoms with Gasteiger partial charge in [0.05, 0.1) is 9.75 Å². The standard InChI is InChI=1S/C20H8S2/c1-3-13-17-11-7-5-10-16-20(11)18(14(4-2)22-16)12-8-6-9-15(21-13)19(12)17/h1-2,5-10H. The van der Waals surface area contributed by atoms with Crippen molar-refractivity contribution in [1.29, 1.82) is 0 Å². The Morgan fingerprint density at radius 1 is 0.636 bits per heavy atom. The molecule has 0 fully saturated rings. The van der Waals surface area contributed by atoms with Gasteiger partial charge in [0.25, 0.3) is 0 Å². The molecule has 0 nitrogen and oxygen atoms in total. The van der Waals surface area contributed by atoms with Crippen LogP contribution in [0.25, 0.3) is 41.7 Å². The maximum atomic E-state index is 5.77. The zero-order valence-corrected chi connectivity index (χ0v) is 13.1. The molecule has 0 aliphatic heterocycles. The summed E-state index contributed by atoms with van der Waals surface area (Å²) >= 11 is 3.38. The molecule has 0 amide bonds. The molecule has 0 unspecified atom stereocenters. The van der Waals surface area contributed by atoms with Gasteiger partial charge in [-0.2, -0.15) is 0 Å². The SMILES string of the molecule is C#Cc1sc2cccc3c4c(C#C)sc5cccc(c1c23)c54. The van der Waals surface area contributed by atoms with Gasteiger partial charge in [-0.15, -0.1) is 35.5 Å². The Morgan fingerprint density at radius 2 is 1.09 bits per heavy atom. The van der Waals surface area contributed by atoms with Crippen LogP contribution in [0, 0.1) is 24.7 Å². The molecule has 0 aliphatic rings. The summed E-state index contributed by atoms with van der Waals surface area (Å²) in [6.45, 7) is 0. The second kappa shape index (κ2) is 4.02. The van der Waals surface area contributed by atoms with Gasteiger partial charge in [-0.25, -0.2) is 0 Å². The topological polar surface area (TPSA) is 0 Å². The molecule has 2 aromatic heterocycles. The van der Waals surface area contributed by atoms with Crippen LogP contribution in [0.2, 0.25) is 0 Å². The van der Waals surface area contributed by atoms with Crippen LogP contribution in [-0.4, -0.2) is 0 Å². The van der Waals surface area contributed by atoms with E-state index < -0.39 is 0 Å². The van der Waals surface area contributed by atoms with Crippen molar-refractivity contribution in [3.8, 4) is 24.7 Å². The van der Waals surface area contributed by atoms with E-state index in [1.54, 1.807) is 22.7 Å². The van der Waals surface area contributed by atoms with Gasteiger partial charge in [0.1, 0.15) is 0 Å². The van der Waals surface area contributed by atoms with Gasteiger partial charge < -0.3 is 0 Å². The Hall–Kier alpha value is -2.52. The Balaban J connectivity index is 2.31. The molecule has 0 bridgehead atoms. The summed E-state index contributed by atoms with van der Waals surface area (Å²) in [5.74, 6) is 5.75. The van der Waals surface area contributed by atoms with Crippen LogP contribution in [0.4, 0.5) is 0 Å². The number of rotatable bonds is 0. The minimum atomic E-state index is 1.01. The monoisotopic (exact) mass is 312 g/mol. The van der Waals surface area contributed by atoms with Crippen LogP contribution < -0.4 is 0 Å². The first-order valence-corrected chi connectivity index (χ1v) is 8.51. The summed E-state index contributed by atoms with van der Waals surface area (Å²) in [6, 6.07) is 12.8. The zero-order chi connectivity index (χ0) is 14.8. The Kier molecular flexibility index (Phi) is 2.20. The third kappa shape index (κ3) is 1.26. The molecule has 2 heterocycles. The predicted octanol–water partition coefficient (Wildman–Crippen LogP) is 5.82. The lowest BCUT2D eigenvalue weighted by Gasteiger charge is -2.06. The highest BCUT2D eigenvalue weighted by molar-refractivity contribution is 7.22. The molecule has 0 aliphatic carbocycles. The van der Waals surface area contributed by atoms with Gasteiger partial charge in [0, 0.05) is 30.9 Å². The first-order chi connectivity index (χ1) is 10.8. The summed E-state index contributed by atoms with van der Waals surface area (Å²) in [5, 5.41) is 7.38. The van der Waals surface area contributed by atoms with Crippen LogP contribution in [0.1, 0.15) is 9.75 Å². The van der Waals surface area contributed by atoms with Crippen molar-refractivity contribution >= 4 is 64.4 Å². The van der Waals surface area contributed by atoms with E-state index in [1.165, 1.54) is 41.7 Å². The molecule has 0 spiro atoms. The average Bonchev–Trinajstić information content (AvgIpc) is 3.12. The first kappa shape index (κ1) is 12.1. The molecule has 100 valence electrons. The molecule has 0 atom stereocenters. The van der Waals surface area contributed by atoms with E-state index in [1.807, 2.05) is 0 Å². The van der Waals surface area contributed by atoms with Gasteiger partial charge >= 0.3 is 0 Å². The van der Waals surface area contributed by atoms with Crippen LogP contribution in [0.3, 0.4) is 0 Å². The largest absolute Gasteiger partial charge is 0.126 e. The third-order valence-corrected chi connectivity index (χ3v) is 6.40. The maximum absolute atomic E-state index is 5.77. The molecule has 3 aromatic carbocycles. The van der Waals surface area contributed by atoms with Gasteiger partial charge in [0.2, 0.25) is 0 Å². The zero-order valence-electron chi connectivity index (χ0n) is 11.4. The highest BCUT2D eigenvalue weighted by Crippen LogP contribution is 2.48. The van der Waals surface area contributed by atoms with Crippen LogP contribution >= 0.6 is 22.7 Å². The molecule has 0 saturated carbocycles. The van der Waals surface area contributed by atoms with E-state index in [4.69, 9.17) is 12.8 Å². The molecule has 0 radical (unpaired) electrons. The van der Waals surface area contributed by atoms with E-state index in [0.29, 0.717) is 0 Å². The summed E-state index contributed by atoms with van der Waals surface area (Å²) in [5.41, 5.74) is 0. The highest BCUT2D eigenvalue weighted by Gasteiger charge is 2.20. The first-order valence-electron chi connectivity index (χ1n) is 6.88. The normalized spacial score (nSPS) is 11.5. The second-order valence-electron chi connectivity index (χ2n) is 5.26. The number of benzene rings is 3. The van der Waals surface area contributed by atoms with Crippen molar-refractivity contribution in [3.63, 3.8) is 0 Å². The fourth-order valence-electron chi connectivity index (χ4n) is 3.43.